The van der Waals surface area contributed by atoms with Crippen LogP contribution in [-0.2, 0) is 41.1 Å². The lowest BCUT2D eigenvalue weighted by atomic mass is 10.1. The Morgan fingerprint density at radius 1 is 0.964 bits per heavy atom. The van der Waals surface area contributed by atoms with Crippen molar-refractivity contribution < 1.29 is 36.0 Å². The molecule has 0 aromatic heterocycles. The number of hydrogen-bond acceptors (Lipinski definition) is 8. The van der Waals surface area contributed by atoms with Crippen LogP contribution in [0.3, 0.4) is 0 Å². The Kier molecular flexibility index (Phi) is 9.74. The van der Waals surface area contributed by atoms with Gasteiger partial charge in [0.2, 0.25) is 0 Å². The van der Waals surface area contributed by atoms with Crippen LogP contribution in [0.4, 0.5) is 0 Å². The predicted molar refractivity (Wildman–Crippen MR) is 110 cm³/mol. The monoisotopic (exact) mass is 474 g/mol. The summed E-state index contributed by atoms with van der Waals surface area (Å²) in [6.45, 7) is 6.47. The number of hydrogen-bond donors (Lipinski definition) is 2. The highest BCUT2D eigenvalue weighted by atomic mass is 32.2. The van der Waals surface area contributed by atoms with Crippen molar-refractivity contribution in [3.8, 4) is 0 Å². The van der Waals surface area contributed by atoms with Crippen LogP contribution in [0.2, 0.25) is 0 Å². The van der Waals surface area contributed by atoms with Gasteiger partial charge in [-0.05, 0) is 64.8 Å². The Morgan fingerprint density at radius 3 is 1.79 bits per heavy atom. The molecule has 0 fully saturated rings. The van der Waals surface area contributed by atoms with Gasteiger partial charge in [-0.2, -0.15) is 8.42 Å². The molecule has 0 spiro atoms. The normalized spacial score (nSPS) is 15.4. The van der Waals surface area contributed by atoms with E-state index in [1.54, 1.807) is 24.3 Å². The summed E-state index contributed by atoms with van der Waals surface area (Å²) in [7, 11) is -6.94. The molecule has 12 heteroatoms. The zero-order valence-electron chi connectivity index (χ0n) is 16.1. The van der Waals surface area contributed by atoms with Crippen LogP contribution in [0.25, 0.3) is 0 Å². The fraction of sp³-hybridized carbons (Fsp3) is 0.625. The van der Waals surface area contributed by atoms with E-state index in [1.807, 2.05) is 13.8 Å². The van der Waals surface area contributed by atoms with Crippen molar-refractivity contribution in [1.29, 1.82) is 0 Å². The van der Waals surface area contributed by atoms with E-state index in [2.05, 4.69) is 9.37 Å². The lowest BCUT2D eigenvalue weighted by molar-refractivity contribution is -0.432. The molecule has 0 aliphatic rings. The van der Waals surface area contributed by atoms with Crippen LogP contribution in [-0.4, -0.2) is 47.6 Å². The van der Waals surface area contributed by atoms with E-state index in [9.17, 15) is 21.4 Å². The Hall–Kier alpha value is -0.340. The van der Waals surface area contributed by atoms with Gasteiger partial charge in [0.15, 0.2) is 0 Å². The third-order valence-electron chi connectivity index (χ3n) is 4.12. The molecule has 1 aromatic rings. The summed E-state index contributed by atoms with van der Waals surface area (Å²) in [6.07, 6.45) is 0.574. The van der Waals surface area contributed by atoms with Gasteiger partial charge in [-0.25, -0.2) is 5.26 Å². The van der Waals surface area contributed by atoms with Crippen molar-refractivity contribution in [2.75, 3.05) is 11.5 Å². The molecule has 0 radical (unpaired) electrons. The maximum absolute atomic E-state index is 12.4. The van der Waals surface area contributed by atoms with Crippen LogP contribution in [0.1, 0.15) is 40.5 Å². The minimum Gasteiger partial charge on any atom is -0.285 e. The molecule has 1 rings (SSSR count). The van der Waals surface area contributed by atoms with Gasteiger partial charge in [-0.15, -0.1) is 4.33 Å². The van der Waals surface area contributed by atoms with Crippen molar-refractivity contribution >= 4 is 43.8 Å². The van der Waals surface area contributed by atoms with E-state index in [0.29, 0.717) is 22.0 Å². The Morgan fingerprint density at radius 2 is 1.39 bits per heavy atom. The molecule has 2 atom stereocenters. The molecular formula is C16H26O8S4. The second-order valence-corrected chi connectivity index (χ2v) is 13.9. The summed E-state index contributed by atoms with van der Waals surface area (Å²) in [4.78, 5) is 1.08. The molecule has 0 heterocycles. The summed E-state index contributed by atoms with van der Waals surface area (Å²) in [5.74, 6) is 0.438. The van der Waals surface area contributed by atoms with Gasteiger partial charge in [-0.1, -0.05) is 5.04 Å². The smallest absolute Gasteiger partial charge is 0.270 e. The average Bonchev–Trinajstić information content (AvgIpc) is 2.62. The first kappa shape index (κ1) is 25.7. The quantitative estimate of drug-likeness (QED) is 0.203. The molecule has 0 saturated heterocycles. The van der Waals surface area contributed by atoms with Gasteiger partial charge in [0.1, 0.15) is 0 Å². The highest BCUT2D eigenvalue weighted by Gasteiger charge is 2.32. The average molecular weight is 475 g/mol. The maximum Gasteiger partial charge on any atom is 0.270 e. The number of benzene rings is 1. The molecule has 1 aromatic carbocycles. The van der Waals surface area contributed by atoms with Crippen molar-refractivity contribution in [3.05, 3.63) is 24.3 Å². The van der Waals surface area contributed by atoms with Crippen molar-refractivity contribution in [3.63, 3.8) is 0 Å². The third kappa shape index (κ3) is 8.19. The minimum atomic E-state index is -4.23. The van der Waals surface area contributed by atoms with E-state index >= 15 is 0 Å². The Balaban J connectivity index is 2.65. The molecule has 0 aliphatic carbocycles. The van der Waals surface area contributed by atoms with Gasteiger partial charge in [0, 0.05) is 38.1 Å². The van der Waals surface area contributed by atoms with Crippen LogP contribution in [0.5, 0.6) is 0 Å². The van der Waals surface area contributed by atoms with Crippen molar-refractivity contribution in [2.45, 2.75) is 59.8 Å². The number of rotatable bonds is 12. The molecule has 0 saturated carbocycles. The largest absolute Gasteiger partial charge is 0.285 e. The minimum absolute atomic E-state index is 0.0402. The summed E-state index contributed by atoms with van der Waals surface area (Å²) < 4.78 is 59.2. The maximum atomic E-state index is 12.4. The van der Waals surface area contributed by atoms with Crippen molar-refractivity contribution in [1.82, 2.24) is 0 Å². The third-order valence-corrected chi connectivity index (χ3v) is 9.25. The van der Waals surface area contributed by atoms with Gasteiger partial charge in [0.25, 0.3) is 10.1 Å². The van der Waals surface area contributed by atoms with E-state index < -0.39 is 41.2 Å². The Labute approximate surface area is 175 Å². The zero-order valence-corrected chi connectivity index (χ0v) is 19.4. The fourth-order valence-corrected chi connectivity index (χ4v) is 5.69. The Bertz CT molecular complexity index is 787. The SMILES string of the molecule is CC(C)(CCS(=O)c1ccc(S(=O)CCC(C)(C)S(=O)(=O)O)cc1)SOOO. The molecular weight excluding hydrogens is 448 g/mol. The fourth-order valence-electron chi connectivity index (χ4n) is 1.93. The lowest BCUT2D eigenvalue weighted by Gasteiger charge is -2.20. The van der Waals surface area contributed by atoms with Crippen LogP contribution in [0, 0.1) is 0 Å². The molecule has 0 aliphatic heterocycles. The lowest BCUT2D eigenvalue weighted by Crippen LogP contribution is -2.32. The van der Waals surface area contributed by atoms with Gasteiger partial charge >= 0.3 is 0 Å². The highest BCUT2D eigenvalue weighted by Crippen LogP contribution is 2.29. The molecule has 28 heavy (non-hydrogen) atoms. The van der Waals surface area contributed by atoms with Crippen LogP contribution >= 0.6 is 12.0 Å². The highest BCUT2D eigenvalue weighted by molar-refractivity contribution is 7.96. The molecule has 2 N–H and O–H groups in total. The summed E-state index contributed by atoms with van der Waals surface area (Å²) in [5, 5.41) is 11.8. The van der Waals surface area contributed by atoms with Gasteiger partial charge in [0.05, 0.1) is 26.3 Å². The molecule has 2 unspecified atom stereocenters. The molecule has 0 bridgehead atoms. The summed E-state index contributed by atoms with van der Waals surface area (Å²) in [6, 6.07) is 6.47. The van der Waals surface area contributed by atoms with E-state index in [-0.39, 0.29) is 12.2 Å². The second kappa shape index (κ2) is 10.6. The van der Waals surface area contributed by atoms with E-state index in [4.69, 9.17) is 5.26 Å². The van der Waals surface area contributed by atoms with Crippen molar-refractivity contribution in [2.24, 2.45) is 0 Å². The van der Waals surface area contributed by atoms with E-state index in [1.165, 1.54) is 13.8 Å². The zero-order chi connectivity index (χ0) is 21.6. The second-order valence-electron chi connectivity index (χ2n) is 7.29. The van der Waals surface area contributed by atoms with Gasteiger partial charge in [-0.3, -0.25) is 13.0 Å². The first-order chi connectivity index (χ1) is 12.8. The predicted octanol–water partition coefficient (Wildman–Crippen LogP) is 3.20. The molecule has 162 valence electrons. The van der Waals surface area contributed by atoms with Crippen LogP contribution in [0.15, 0.2) is 34.1 Å². The summed E-state index contributed by atoms with van der Waals surface area (Å²) in [5.41, 5.74) is 0. The molecule has 0 amide bonds. The summed E-state index contributed by atoms with van der Waals surface area (Å²) >= 11 is 0.924. The van der Waals surface area contributed by atoms with Crippen LogP contribution < -0.4 is 0 Å². The standard InChI is InChI=1S/C16H26O8S4/c1-15(2,25-24-23-17)9-11-26(18)13-5-7-14(8-6-13)27(19)12-10-16(3,4)28(20,21)22/h5-8,17H,9-12H2,1-4H3,(H,20,21,22). The topological polar surface area (TPSA) is 127 Å². The van der Waals surface area contributed by atoms with E-state index in [0.717, 1.165) is 12.0 Å². The first-order valence-corrected chi connectivity index (χ1v) is 13.1. The first-order valence-electron chi connectivity index (χ1n) is 8.29. The molecule has 8 nitrogen and oxygen atoms in total. The van der Waals surface area contributed by atoms with Gasteiger partial charge < -0.3 is 0 Å².